The van der Waals surface area contributed by atoms with E-state index in [2.05, 4.69) is 27.1 Å². The first kappa shape index (κ1) is 17.0. The van der Waals surface area contributed by atoms with Gasteiger partial charge < -0.3 is 15.1 Å². The van der Waals surface area contributed by atoms with Crippen molar-refractivity contribution in [3.63, 3.8) is 0 Å². The number of benzene rings is 1. The van der Waals surface area contributed by atoms with Crippen LogP contribution in [0.5, 0.6) is 0 Å². The minimum atomic E-state index is -0.245. The van der Waals surface area contributed by atoms with Crippen LogP contribution < -0.4 is 10.2 Å². The molecule has 0 atom stereocenters. The lowest BCUT2D eigenvalue weighted by molar-refractivity contribution is 0.102. The van der Waals surface area contributed by atoms with Crippen LogP contribution in [0.3, 0.4) is 0 Å². The minimum absolute atomic E-state index is 0.245. The first-order valence-corrected chi connectivity index (χ1v) is 8.44. The third kappa shape index (κ3) is 4.17. The predicted octanol–water partition coefficient (Wildman–Crippen LogP) is 3.39. The van der Waals surface area contributed by atoms with Crippen molar-refractivity contribution in [3.05, 3.63) is 52.1 Å². The second-order valence-corrected chi connectivity index (χ2v) is 6.68. The van der Waals surface area contributed by atoms with Gasteiger partial charge in [-0.25, -0.2) is 4.98 Å². The highest BCUT2D eigenvalue weighted by atomic mass is 35.5. The average molecular weight is 365 g/mol. The van der Waals surface area contributed by atoms with Crippen molar-refractivity contribution in [3.8, 4) is 0 Å². The zero-order valence-corrected chi connectivity index (χ0v) is 14.8. The highest BCUT2D eigenvalue weighted by molar-refractivity contribution is 6.35. The number of piperazine rings is 1. The van der Waals surface area contributed by atoms with E-state index in [1.54, 1.807) is 30.5 Å². The summed E-state index contributed by atoms with van der Waals surface area (Å²) in [6.45, 7) is 3.91. The molecule has 126 valence electrons. The number of likely N-dealkylation sites (N-methyl/N-ethyl adjacent to an activating group) is 1. The number of hydrogen-bond acceptors (Lipinski definition) is 4. The number of nitrogens with one attached hydrogen (secondary N) is 1. The van der Waals surface area contributed by atoms with E-state index in [0.717, 1.165) is 32.0 Å². The van der Waals surface area contributed by atoms with Crippen LogP contribution in [-0.2, 0) is 0 Å². The molecular formula is C17H18Cl2N4O. The summed E-state index contributed by atoms with van der Waals surface area (Å²) in [6, 6.07) is 8.58. The number of nitrogens with zero attached hydrogens (tertiary/aromatic N) is 3. The second kappa shape index (κ2) is 7.38. The molecule has 2 aromatic rings. The zero-order valence-electron chi connectivity index (χ0n) is 13.3. The van der Waals surface area contributed by atoms with Crippen molar-refractivity contribution in [1.82, 2.24) is 9.88 Å². The van der Waals surface area contributed by atoms with Crippen molar-refractivity contribution in [2.24, 2.45) is 0 Å². The summed E-state index contributed by atoms with van der Waals surface area (Å²) >= 11 is 11.9. The van der Waals surface area contributed by atoms with E-state index in [9.17, 15) is 4.79 Å². The summed E-state index contributed by atoms with van der Waals surface area (Å²) in [7, 11) is 2.11. The largest absolute Gasteiger partial charge is 0.354 e. The van der Waals surface area contributed by atoms with E-state index >= 15 is 0 Å². The molecule has 0 radical (unpaired) electrons. The lowest BCUT2D eigenvalue weighted by atomic mass is 10.2. The molecule has 2 heterocycles. The van der Waals surface area contributed by atoms with Crippen LogP contribution in [-0.4, -0.2) is 49.0 Å². The number of carbonyl (C=O) groups is 1. The van der Waals surface area contributed by atoms with Crippen LogP contribution in [0.1, 0.15) is 10.4 Å². The third-order valence-electron chi connectivity index (χ3n) is 3.96. The molecule has 0 spiro atoms. The smallest absolute Gasteiger partial charge is 0.257 e. The number of amides is 1. The molecule has 3 rings (SSSR count). The molecule has 1 aromatic carbocycles. The molecule has 1 N–H and O–H groups in total. The van der Waals surface area contributed by atoms with Crippen molar-refractivity contribution in [2.75, 3.05) is 43.4 Å². The quantitative estimate of drug-likeness (QED) is 0.906. The van der Waals surface area contributed by atoms with Gasteiger partial charge in [-0.1, -0.05) is 23.2 Å². The number of halogens is 2. The Morgan fingerprint density at radius 2 is 1.75 bits per heavy atom. The van der Waals surface area contributed by atoms with E-state index < -0.39 is 0 Å². The van der Waals surface area contributed by atoms with Crippen LogP contribution in [0.4, 0.5) is 11.5 Å². The van der Waals surface area contributed by atoms with Crippen molar-refractivity contribution in [2.45, 2.75) is 0 Å². The average Bonchev–Trinajstić information content (AvgIpc) is 2.55. The van der Waals surface area contributed by atoms with Crippen LogP contribution in [0.15, 0.2) is 36.5 Å². The van der Waals surface area contributed by atoms with Gasteiger partial charge in [-0.3, -0.25) is 4.79 Å². The monoisotopic (exact) mass is 364 g/mol. The van der Waals surface area contributed by atoms with E-state index in [1.807, 2.05) is 6.07 Å². The highest BCUT2D eigenvalue weighted by Crippen LogP contribution is 2.23. The fourth-order valence-corrected chi connectivity index (χ4v) is 3.10. The van der Waals surface area contributed by atoms with Crippen molar-refractivity contribution in [1.29, 1.82) is 0 Å². The number of anilines is 2. The fourth-order valence-electron chi connectivity index (χ4n) is 2.57. The van der Waals surface area contributed by atoms with Gasteiger partial charge in [-0.2, -0.15) is 0 Å². The molecule has 0 saturated carbocycles. The molecule has 0 bridgehead atoms. The SMILES string of the molecule is CN1CCN(c2ccc(C(=O)Nc3cc(Cl)cc(Cl)c3)cn2)CC1. The third-order valence-corrected chi connectivity index (χ3v) is 4.39. The van der Waals surface area contributed by atoms with Gasteiger partial charge in [0, 0.05) is 48.1 Å². The fraction of sp³-hybridized carbons (Fsp3) is 0.294. The Morgan fingerprint density at radius 3 is 2.33 bits per heavy atom. The van der Waals surface area contributed by atoms with Gasteiger partial charge in [0.1, 0.15) is 5.82 Å². The van der Waals surface area contributed by atoms with Gasteiger partial charge in [0.15, 0.2) is 0 Å². The Morgan fingerprint density at radius 1 is 1.08 bits per heavy atom. The predicted molar refractivity (Wildman–Crippen MR) is 98.4 cm³/mol. The summed E-state index contributed by atoms with van der Waals surface area (Å²) in [4.78, 5) is 21.2. The maximum Gasteiger partial charge on any atom is 0.257 e. The maximum atomic E-state index is 12.3. The molecule has 0 aliphatic carbocycles. The molecule has 0 unspecified atom stereocenters. The Labute approximate surface area is 151 Å². The summed E-state index contributed by atoms with van der Waals surface area (Å²) in [6.07, 6.45) is 1.59. The summed E-state index contributed by atoms with van der Waals surface area (Å²) in [5, 5.41) is 3.72. The first-order valence-electron chi connectivity index (χ1n) is 7.68. The number of pyridine rings is 1. The lowest BCUT2D eigenvalue weighted by Crippen LogP contribution is -2.44. The van der Waals surface area contributed by atoms with E-state index in [1.165, 1.54) is 0 Å². The summed E-state index contributed by atoms with van der Waals surface area (Å²) in [5.41, 5.74) is 1.05. The summed E-state index contributed by atoms with van der Waals surface area (Å²) in [5.74, 6) is 0.649. The molecule has 1 aliphatic rings. The minimum Gasteiger partial charge on any atom is -0.354 e. The number of carbonyl (C=O) groups excluding carboxylic acids is 1. The van der Waals surface area contributed by atoms with E-state index in [-0.39, 0.29) is 5.91 Å². The normalized spacial score (nSPS) is 15.4. The lowest BCUT2D eigenvalue weighted by Gasteiger charge is -2.33. The molecule has 1 saturated heterocycles. The molecule has 7 heteroatoms. The highest BCUT2D eigenvalue weighted by Gasteiger charge is 2.16. The van der Waals surface area contributed by atoms with Gasteiger partial charge in [-0.15, -0.1) is 0 Å². The molecule has 24 heavy (non-hydrogen) atoms. The van der Waals surface area contributed by atoms with Crippen molar-refractivity contribution < 1.29 is 4.79 Å². The maximum absolute atomic E-state index is 12.3. The van der Waals surface area contributed by atoms with Crippen molar-refractivity contribution >= 4 is 40.6 Å². The Bertz CT molecular complexity index is 708. The number of aromatic nitrogens is 1. The van der Waals surface area contributed by atoms with Gasteiger partial charge in [0.05, 0.1) is 5.56 Å². The zero-order chi connectivity index (χ0) is 17.1. The van der Waals surface area contributed by atoms with E-state index in [0.29, 0.717) is 21.3 Å². The molecule has 5 nitrogen and oxygen atoms in total. The van der Waals surface area contributed by atoms with Gasteiger partial charge in [0.25, 0.3) is 5.91 Å². The Hall–Kier alpha value is -1.82. The second-order valence-electron chi connectivity index (χ2n) is 5.81. The van der Waals surface area contributed by atoms with Crippen LogP contribution >= 0.6 is 23.2 Å². The molecule has 1 aromatic heterocycles. The Kier molecular flexibility index (Phi) is 5.23. The van der Waals surface area contributed by atoms with E-state index in [4.69, 9.17) is 23.2 Å². The molecular weight excluding hydrogens is 347 g/mol. The van der Waals surface area contributed by atoms with Crippen LogP contribution in [0.2, 0.25) is 10.0 Å². The first-order chi connectivity index (χ1) is 11.5. The Balaban J connectivity index is 1.67. The number of hydrogen-bond donors (Lipinski definition) is 1. The van der Waals surface area contributed by atoms with Gasteiger partial charge in [0.2, 0.25) is 0 Å². The summed E-state index contributed by atoms with van der Waals surface area (Å²) < 4.78 is 0. The molecule has 1 fully saturated rings. The van der Waals surface area contributed by atoms with Crippen LogP contribution in [0, 0.1) is 0 Å². The topological polar surface area (TPSA) is 48.5 Å². The standard InChI is InChI=1S/C17H18Cl2N4O/c1-22-4-6-23(7-5-22)16-3-2-12(11-20-16)17(24)21-15-9-13(18)8-14(19)10-15/h2-3,8-11H,4-7H2,1H3,(H,21,24). The van der Waals surface area contributed by atoms with Gasteiger partial charge in [-0.05, 0) is 37.4 Å². The van der Waals surface area contributed by atoms with Gasteiger partial charge >= 0.3 is 0 Å². The van der Waals surface area contributed by atoms with Crippen LogP contribution in [0.25, 0.3) is 0 Å². The number of rotatable bonds is 3. The molecule has 1 amide bonds. The molecule has 1 aliphatic heterocycles.